The van der Waals surface area contributed by atoms with Gasteiger partial charge in [-0.05, 0) is 30.3 Å². The largest absolute Gasteiger partial charge is 0.353 e. The molecular weight excluding hydrogens is 334 g/mol. The van der Waals surface area contributed by atoms with Gasteiger partial charge in [-0.1, -0.05) is 12.1 Å². The average molecular weight is 348 g/mol. The molecule has 0 bridgehead atoms. The number of benzene rings is 2. The molecular formula is C14H14N5O4S+. The van der Waals surface area contributed by atoms with Crippen molar-refractivity contribution in [2.24, 2.45) is 16.5 Å². The second-order valence-electron chi connectivity index (χ2n) is 4.63. The molecule has 5 N–H and O–H groups in total. The minimum Gasteiger partial charge on any atom is -0.290 e. The number of guanidine groups is 1. The van der Waals surface area contributed by atoms with Gasteiger partial charge in [-0.15, -0.1) is 0 Å². The second-order valence-corrected chi connectivity index (χ2v) is 6.31. The Hall–Kier alpha value is -3.27. The Labute approximate surface area is 137 Å². The summed E-state index contributed by atoms with van der Waals surface area (Å²) < 4.78 is 25.7. The standard InChI is InChI=1S/C14H13N5O4S/c15-14(16)18-24(22,23)12-7-5-11(6-8-12)17-9-10-3-1-2-4-13(10)19(20)21/h1-9H,(H4,15,16,18)/p+1. The van der Waals surface area contributed by atoms with Crippen LogP contribution in [-0.2, 0) is 10.0 Å². The van der Waals surface area contributed by atoms with Crippen LogP contribution in [0.15, 0.2) is 58.4 Å². The summed E-state index contributed by atoms with van der Waals surface area (Å²) in [6.45, 7) is 0. The third-order valence-electron chi connectivity index (χ3n) is 2.89. The molecule has 2 aromatic carbocycles. The van der Waals surface area contributed by atoms with Crippen LogP contribution in [0.2, 0.25) is 0 Å². The molecule has 0 unspecified atom stereocenters. The molecule has 10 heteroatoms. The molecule has 0 atom stereocenters. The molecule has 0 heterocycles. The van der Waals surface area contributed by atoms with Crippen LogP contribution < -0.4 is 15.9 Å². The lowest BCUT2D eigenvalue weighted by molar-refractivity contribution is -0.385. The van der Waals surface area contributed by atoms with Gasteiger partial charge >= 0.3 is 16.0 Å². The number of rotatable bonds is 5. The van der Waals surface area contributed by atoms with Crippen LogP contribution >= 0.6 is 0 Å². The molecule has 0 saturated carbocycles. The minimum absolute atomic E-state index is 0.0412. The number of sulfonamides is 1. The average Bonchev–Trinajstić information content (AvgIpc) is 2.52. The molecule has 0 saturated heterocycles. The maximum atomic E-state index is 11.8. The van der Waals surface area contributed by atoms with Crippen LogP contribution in [0.3, 0.4) is 0 Å². The highest BCUT2D eigenvalue weighted by atomic mass is 32.2. The first kappa shape index (κ1) is 17.1. The van der Waals surface area contributed by atoms with E-state index in [4.69, 9.17) is 11.5 Å². The zero-order valence-corrected chi connectivity index (χ0v) is 13.1. The van der Waals surface area contributed by atoms with Crippen molar-refractivity contribution in [3.63, 3.8) is 0 Å². The molecule has 0 aliphatic rings. The number of para-hydroxylation sites is 1. The number of nitro groups is 1. The van der Waals surface area contributed by atoms with E-state index in [0.29, 0.717) is 11.3 Å². The second kappa shape index (κ2) is 6.87. The van der Waals surface area contributed by atoms with Gasteiger partial charge in [0.25, 0.3) is 5.69 Å². The van der Waals surface area contributed by atoms with E-state index in [1.165, 1.54) is 36.5 Å². The molecule has 0 aliphatic carbocycles. The zero-order chi connectivity index (χ0) is 17.7. The van der Waals surface area contributed by atoms with E-state index in [-0.39, 0.29) is 10.6 Å². The Balaban J connectivity index is 2.27. The smallest absolute Gasteiger partial charge is 0.290 e. The highest BCUT2D eigenvalue weighted by Gasteiger charge is 2.14. The summed E-state index contributed by atoms with van der Waals surface area (Å²) in [5.41, 5.74) is 10.9. The Kier molecular flexibility index (Phi) is 4.90. The number of nitrogens with zero attached hydrogens (tertiary/aromatic N) is 2. The predicted octanol–water partition coefficient (Wildman–Crippen LogP) is -0.612. The number of nitrogens with two attached hydrogens (primary N) is 2. The molecule has 2 aromatic rings. The summed E-state index contributed by atoms with van der Waals surface area (Å²) >= 11 is 0. The van der Waals surface area contributed by atoms with E-state index in [1.54, 1.807) is 18.2 Å². The fourth-order valence-electron chi connectivity index (χ4n) is 1.83. The molecule has 0 radical (unpaired) electrons. The van der Waals surface area contributed by atoms with Gasteiger partial charge in [0.1, 0.15) is 4.90 Å². The van der Waals surface area contributed by atoms with Gasteiger partial charge in [0.2, 0.25) is 0 Å². The summed E-state index contributed by atoms with van der Waals surface area (Å²) in [6.07, 6.45) is 1.34. The van der Waals surface area contributed by atoms with Crippen molar-refractivity contribution in [1.29, 1.82) is 0 Å². The Morgan fingerprint density at radius 2 is 1.75 bits per heavy atom. The molecule has 124 valence electrons. The van der Waals surface area contributed by atoms with Crippen LogP contribution in [0.4, 0.5) is 11.4 Å². The van der Waals surface area contributed by atoms with Crippen LogP contribution in [0.25, 0.3) is 0 Å². The number of aliphatic imine (C=N–C) groups is 1. The molecule has 0 aliphatic heterocycles. The molecule has 0 spiro atoms. The molecule has 2 rings (SSSR count). The van der Waals surface area contributed by atoms with Crippen molar-refractivity contribution in [3.05, 3.63) is 64.2 Å². The Morgan fingerprint density at radius 1 is 1.12 bits per heavy atom. The van der Waals surface area contributed by atoms with Crippen molar-refractivity contribution in [3.8, 4) is 0 Å². The summed E-state index contributed by atoms with van der Waals surface area (Å²) in [5.74, 6) is -0.437. The van der Waals surface area contributed by atoms with Crippen molar-refractivity contribution in [1.82, 2.24) is 0 Å². The zero-order valence-electron chi connectivity index (χ0n) is 12.3. The van der Waals surface area contributed by atoms with E-state index >= 15 is 0 Å². The summed E-state index contributed by atoms with van der Waals surface area (Å²) in [5, 5.41) is 10.9. The highest BCUT2D eigenvalue weighted by molar-refractivity contribution is 7.84. The number of hydrogen-bond donors (Lipinski definition) is 3. The monoisotopic (exact) mass is 348 g/mol. The van der Waals surface area contributed by atoms with Crippen molar-refractivity contribution in [2.45, 2.75) is 4.90 Å². The van der Waals surface area contributed by atoms with Gasteiger partial charge in [0, 0.05) is 12.3 Å². The lowest BCUT2D eigenvalue weighted by atomic mass is 10.2. The quantitative estimate of drug-likeness (QED) is 0.283. The van der Waals surface area contributed by atoms with Crippen molar-refractivity contribution < 1.29 is 17.7 Å². The van der Waals surface area contributed by atoms with E-state index < -0.39 is 20.9 Å². The van der Waals surface area contributed by atoms with Gasteiger partial charge in [0.05, 0.1) is 16.2 Å². The van der Waals surface area contributed by atoms with Gasteiger partial charge < -0.3 is 0 Å². The van der Waals surface area contributed by atoms with Gasteiger partial charge in [0.15, 0.2) is 0 Å². The molecule has 24 heavy (non-hydrogen) atoms. The topological polar surface area (TPSA) is 156 Å². The van der Waals surface area contributed by atoms with Gasteiger partial charge in [-0.3, -0.25) is 26.6 Å². The summed E-state index contributed by atoms with van der Waals surface area (Å²) in [6, 6.07) is 11.7. The number of hydrogen-bond acceptors (Lipinski definition) is 5. The van der Waals surface area contributed by atoms with E-state index in [1.807, 2.05) is 4.40 Å². The fourth-order valence-corrected chi connectivity index (χ4v) is 2.76. The summed E-state index contributed by atoms with van der Waals surface area (Å²) in [7, 11) is -3.84. The van der Waals surface area contributed by atoms with E-state index in [9.17, 15) is 18.5 Å². The van der Waals surface area contributed by atoms with Crippen molar-refractivity contribution in [2.75, 3.05) is 0 Å². The predicted molar refractivity (Wildman–Crippen MR) is 88.3 cm³/mol. The molecule has 0 aromatic heterocycles. The highest BCUT2D eigenvalue weighted by Crippen LogP contribution is 2.18. The fraction of sp³-hybridized carbons (Fsp3) is 0. The SMILES string of the molecule is NC(N)=[NH+]S(=O)(=O)c1ccc(N=Cc2ccccc2[N+](=O)[O-])cc1. The maximum Gasteiger partial charge on any atom is 0.353 e. The first-order valence-corrected chi connectivity index (χ1v) is 8.06. The minimum atomic E-state index is -3.84. The van der Waals surface area contributed by atoms with Crippen LogP contribution in [0.1, 0.15) is 5.56 Å². The third kappa shape index (κ3) is 4.14. The first-order chi connectivity index (χ1) is 11.3. The van der Waals surface area contributed by atoms with E-state index in [2.05, 4.69) is 4.99 Å². The Morgan fingerprint density at radius 3 is 2.33 bits per heavy atom. The molecule has 0 amide bonds. The maximum absolute atomic E-state index is 11.8. The number of nitrogens with one attached hydrogen (secondary N) is 1. The van der Waals surface area contributed by atoms with E-state index in [0.717, 1.165) is 0 Å². The third-order valence-corrected chi connectivity index (χ3v) is 4.28. The van der Waals surface area contributed by atoms with Crippen LogP contribution in [0.5, 0.6) is 0 Å². The number of nitro benzene ring substituents is 1. The molecule has 9 nitrogen and oxygen atoms in total. The van der Waals surface area contributed by atoms with Gasteiger partial charge in [-0.2, -0.15) is 12.8 Å². The lowest BCUT2D eigenvalue weighted by Gasteiger charge is -1.99. The summed E-state index contributed by atoms with van der Waals surface area (Å²) in [4.78, 5) is 14.5. The van der Waals surface area contributed by atoms with Crippen LogP contribution in [0, 0.1) is 10.1 Å². The lowest BCUT2D eigenvalue weighted by Crippen LogP contribution is -2.80. The van der Waals surface area contributed by atoms with Crippen molar-refractivity contribution >= 4 is 33.6 Å². The van der Waals surface area contributed by atoms with Crippen LogP contribution in [-0.4, -0.2) is 25.5 Å². The Bertz CT molecular complexity index is 916. The first-order valence-electron chi connectivity index (χ1n) is 6.58. The normalized spacial score (nSPS) is 11.3. The molecule has 0 fully saturated rings. The van der Waals surface area contributed by atoms with Gasteiger partial charge in [-0.25, -0.2) is 0 Å².